The molecular formula is C33H30Cl2IN3OS. The van der Waals surface area contributed by atoms with Crippen molar-refractivity contribution in [2.45, 2.75) is 57.1 Å². The topological polar surface area (TPSA) is 70.1 Å². The Morgan fingerprint density at radius 3 is 2.49 bits per heavy atom. The first-order valence-electron chi connectivity index (χ1n) is 13.3. The highest BCUT2D eigenvalue weighted by atomic mass is 127. The van der Waals surface area contributed by atoms with Crippen LogP contribution in [0.2, 0.25) is 10.0 Å². The molecule has 0 amide bonds. The number of nitrogens with zero attached hydrogens (tertiary/aromatic N) is 2. The van der Waals surface area contributed by atoms with Crippen LogP contribution in [0.3, 0.4) is 0 Å². The zero-order valence-corrected chi connectivity index (χ0v) is 27.8. The number of benzene rings is 3. The molecule has 210 valence electrons. The smallest absolute Gasteiger partial charge is 0.162 e. The van der Waals surface area contributed by atoms with Gasteiger partial charge in [-0.05, 0) is 107 Å². The zero-order chi connectivity index (χ0) is 29.6. The Labute approximate surface area is 269 Å². The number of halogens is 3. The van der Waals surface area contributed by atoms with Crippen molar-refractivity contribution in [2.75, 3.05) is 4.90 Å². The summed E-state index contributed by atoms with van der Waals surface area (Å²) in [7, 11) is 0. The van der Waals surface area contributed by atoms with Gasteiger partial charge in [0.15, 0.2) is 5.78 Å². The Morgan fingerprint density at radius 2 is 1.80 bits per heavy atom. The molecule has 5 rings (SSSR count). The lowest BCUT2D eigenvalue weighted by Crippen LogP contribution is -2.42. The standard InChI is InChI=1S/C33H30Cl2IN3OS/c1-18-11-20(17-41-29-13-21(34)5-10-26(29)35)19(2)24(12-18)30-25(16-37)32(38)39(23-8-6-22(36)7-9-23)27-14-33(3,4)15-28(40)31(27)30/h5-13,30H,14-15,17,38H2,1-4H3. The molecule has 0 aromatic heterocycles. The van der Waals surface area contributed by atoms with E-state index in [1.165, 1.54) is 0 Å². The molecule has 8 heteroatoms. The van der Waals surface area contributed by atoms with E-state index in [0.29, 0.717) is 45.6 Å². The highest BCUT2D eigenvalue weighted by Crippen LogP contribution is 2.51. The van der Waals surface area contributed by atoms with E-state index in [-0.39, 0.29) is 11.2 Å². The number of Topliss-reactive ketones (excluding diaryl/α,β-unsaturated/α-hetero) is 1. The van der Waals surface area contributed by atoms with Crippen molar-refractivity contribution < 1.29 is 4.79 Å². The molecule has 0 saturated heterocycles. The summed E-state index contributed by atoms with van der Waals surface area (Å²) in [6.45, 7) is 8.34. The molecule has 1 aliphatic carbocycles. The number of hydrogen-bond acceptors (Lipinski definition) is 5. The van der Waals surface area contributed by atoms with E-state index in [9.17, 15) is 10.1 Å². The number of aryl methyl sites for hydroxylation is 1. The maximum Gasteiger partial charge on any atom is 0.162 e. The maximum absolute atomic E-state index is 14.0. The van der Waals surface area contributed by atoms with Gasteiger partial charge < -0.3 is 5.73 Å². The van der Waals surface area contributed by atoms with Crippen molar-refractivity contribution in [3.63, 3.8) is 0 Å². The van der Waals surface area contributed by atoms with Gasteiger partial charge in [-0.3, -0.25) is 9.69 Å². The largest absolute Gasteiger partial charge is 0.384 e. The van der Waals surface area contributed by atoms with Crippen LogP contribution < -0.4 is 10.6 Å². The van der Waals surface area contributed by atoms with E-state index in [2.05, 4.69) is 61.6 Å². The summed E-state index contributed by atoms with van der Waals surface area (Å²) in [6.07, 6.45) is 1.10. The number of rotatable bonds is 5. The lowest BCUT2D eigenvalue weighted by molar-refractivity contribution is -0.118. The normalized spacial score (nSPS) is 18.4. The second kappa shape index (κ2) is 11.7. The molecule has 41 heavy (non-hydrogen) atoms. The molecule has 0 bridgehead atoms. The van der Waals surface area contributed by atoms with Gasteiger partial charge in [0, 0.05) is 42.6 Å². The van der Waals surface area contributed by atoms with Gasteiger partial charge in [-0.2, -0.15) is 5.26 Å². The molecule has 3 aromatic carbocycles. The van der Waals surface area contributed by atoms with Gasteiger partial charge in [0.1, 0.15) is 5.82 Å². The van der Waals surface area contributed by atoms with Crippen LogP contribution in [0.15, 0.2) is 82.2 Å². The van der Waals surface area contributed by atoms with Crippen molar-refractivity contribution in [1.29, 1.82) is 5.26 Å². The van der Waals surface area contributed by atoms with Crippen LogP contribution in [0, 0.1) is 34.2 Å². The number of anilines is 1. The number of carbonyl (C=O) groups excluding carboxylic acids is 1. The monoisotopic (exact) mass is 713 g/mol. The Balaban J connectivity index is 1.66. The first-order chi connectivity index (χ1) is 19.4. The molecular weight excluding hydrogens is 684 g/mol. The predicted octanol–water partition coefficient (Wildman–Crippen LogP) is 9.45. The molecule has 2 N–H and O–H groups in total. The number of hydrogen-bond donors (Lipinski definition) is 1. The summed E-state index contributed by atoms with van der Waals surface area (Å²) in [4.78, 5) is 16.8. The number of thioether (sulfide) groups is 1. The predicted molar refractivity (Wildman–Crippen MR) is 178 cm³/mol. The van der Waals surface area contributed by atoms with Crippen molar-refractivity contribution in [1.82, 2.24) is 0 Å². The molecule has 0 radical (unpaired) electrons. The quantitative estimate of drug-likeness (QED) is 0.211. The highest BCUT2D eigenvalue weighted by Gasteiger charge is 2.45. The fourth-order valence-corrected chi connectivity index (χ4v) is 7.77. The summed E-state index contributed by atoms with van der Waals surface area (Å²) >= 11 is 16.6. The van der Waals surface area contributed by atoms with Gasteiger partial charge in [-0.25, -0.2) is 0 Å². The van der Waals surface area contributed by atoms with Crippen LogP contribution in [0.5, 0.6) is 0 Å². The van der Waals surface area contributed by atoms with Crippen LogP contribution in [0.25, 0.3) is 0 Å². The summed E-state index contributed by atoms with van der Waals surface area (Å²) in [6, 6.07) is 20.1. The van der Waals surface area contributed by atoms with Gasteiger partial charge >= 0.3 is 0 Å². The number of allylic oxidation sites excluding steroid dienone is 3. The summed E-state index contributed by atoms with van der Waals surface area (Å²) in [5.41, 5.74) is 13.6. The molecule has 1 atom stereocenters. The van der Waals surface area contributed by atoms with Gasteiger partial charge in [-0.15, -0.1) is 11.8 Å². The van der Waals surface area contributed by atoms with Crippen LogP contribution in [-0.4, -0.2) is 5.78 Å². The third-order valence-electron chi connectivity index (χ3n) is 7.75. The minimum Gasteiger partial charge on any atom is -0.384 e. The third kappa shape index (κ3) is 5.92. The van der Waals surface area contributed by atoms with Crippen LogP contribution in [0.4, 0.5) is 5.69 Å². The Bertz CT molecular complexity index is 1670. The molecule has 0 saturated carbocycles. The zero-order valence-electron chi connectivity index (χ0n) is 23.3. The Morgan fingerprint density at radius 1 is 1.10 bits per heavy atom. The van der Waals surface area contributed by atoms with Gasteiger partial charge in [-0.1, -0.05) is 54.7 Å². The van der Waals surface area contributed by atoms with Crippen molar-refractivity contribution in [3.8, 4) is 6.07 Å². The molecule has 1 heterocycles. The summed E-state index contributed by atoms with van der Waals surface area (Å²) < 4.78 is 1.10. The fraction of sp³-hybridized carbons (Fsp3) is 0.273. The first-order valence-corrected chi connectivity index (χ1v) is 16.1. The highest BCUT2D eigenvalue weighted by molar-refractivity contribution is 14.1. The number of nitriles is 1. The van der Waals surface area contributed by atoms with E-state index in [1.807, 2.05) is 42.2 Å². The van der Waals surface area contributed by atoms with E-state index in [0.717, 1.165) is 42.1 Å². The van der Waals surface area contributed by atoms with E-state index in [4.69, 9.17) is 28.9 Å². The average molecular weight is 714 g/mol. The van der Waals surface area contributed by atoms with E-state index < -0.39 is 5.92 Å². The van der Waals surface area contributed by atoms with Crippen LogP contribution in [-0.2, 0) is 10.5 Å². The van der Waals surface area contributed by atoms with Gasteiger partial charge in [0.25, 0.3) is 0 Å². The summed E-state index contributed by atoms with van der Waals surface area (Å²) in [5, 5.41) is 11.8. The average Bonchev–Trinajstić information content (AvgIpc) is 2.90. The van der Waals surface area contributed by atoms with E-state index in [1.54, 1.807) is 23.9 Å². The Hall–Kier alpha value is -2.44. The van der Waals surface area contributed by atoms with Crippen LogP contribution >= 0.6 is 57.6 Å². The van der Waals surface area contributed by atoms with Crippen molar-refractivity contribution in [3.05, 3.63) is 113 Å². The second-order valence-electron chi connectivity index (χ2n) is 11.5. The third-order valence-corrected chi connectivity index (χ3v) is 10.3. The molecule has 1 aliphatic heterocycles. The van der Waals surface area contributed by atoms with Gasteiger partial charge in [0.05, 0.1) is 22.6 Å². The van der Waals surface area contributed by atoms with Crippen molar-refractivity contribution >= 4 is 69.0 Å². The SMILES string of the molecule is Cc1cc(CSc2cc(Cl)ccc2Cl)c(C)c(C2C(C#N)=C(N)N(c3ccc(I)cc3)C3=C2C(=O)CC(C)(C)C3)c1. The minimum atomic E-state index is -0.530. The molecule has 0 fully saturated rings. The molecule has 4 nitrogen and oxygen atoms in total. The second-order valence-corrected chi connectivity index (χ2v) is 14.6. The van der Waals surface area contributed by atoms with Crippen LogP contribution in [0.1, 0.15) is 54.9 Å². The molecule has 1 unspecified atom stereocenters. The molecule has 3 aromatic rings. The first kappa shape index (κ1) is 30.0. The number of carbonyl (C=O) groups is 1. The molecule has 0 spiro atoms. The number of ketones is 1. The maximum atomic E-state index is 14.0. The molecule has 2 aliphatic rings. The minimum absolute atomic E-state index is 0.0690. The summed E-state index contributed by atoms with van der Waals surface area (Å²) in [5.74, 6) is 0.581. The van der Waals surface area contributed by atoms with E-state index >= 15 is 0 Å². The lowest BCUT2D eigenvalue weighted by Gasteiger charge is -2.44. The number of nitrogens with two attached hydrogens (primary N) is 1. The Kier molecular flexibility index (Phi) is 8.56. The van der Waals surface area contributed by atoms with Gasteiger partial charge in [0.2, 0.25) is 0 Å². The lowest BCUT2D eigenvalue weighted by atomic mass is 9.68. The van der Waals surface area contributed by atoms with Crippen molar-refractivity contribution in [2.24, 2.45) is 11.1 Å². The fourth-order valence-electron chi connectivity index (χ4n) is 5.86.